The van der Waals surface area contributed by atoms with Crippen LogP contribution in [-0.4, -0.2) is 39.4 Å². The van der Waals surface area contributed by atoms with Crippen LogP contribution in [0.5, 0.6) is 0 Å². The summed E-state index contributed by atoms with van der Waals surface area (Å²) < 4.78 is 5.44. The molecule has 0 spiro atoms. The number of aryl methyl sites for hydroxylation is 1. The number of nitrogens with two attached hydrogens (primary N) is 1. The van der Waals surface area contributed by atoms with Crippen LogP contribution in [0.3, 0.4) is 0 Å². The van der Waals surface area contributed by atoms with E-state index in [4.69, 9.17) is 10.5 Å². The third kappa shape index (κ3) is 3.75. The summed E-state index contributed by atoms with van der Waals surface area (Å²) in [7, 11) is 0. The smallest absolute Gasteiger partial charge is 0.410 e. The molecular formula is C16H24N4O2. The predicted molar refractivity (Wildman–Crippen MR) is 86.2 cm³/mol. The summed E-state index contributed by atoms with van der Waals surface area (Å²) >= 11 is 0. The monoisotopic (exact) mass is 304 g/mol. The van der Waals surface area contributed by atoms with Crippen molar-refractivity contribution in [2.24, 2.45) is 0 Å². The lowest BCUT2D eigenvalue weighted by molar-refractivity contribution is 0.0209. The van der Waals surface area contributed by atoms with Gasteiger partial charge in [-0.15, -0.1) is 10.2 Å². The van der Waals surface area contributed by atoms with Crippen LogP contribution < -0.4 is 5.73 Å². The van der Waals surface area contributed by atoms with Gasteiger partial charge in [0, 0.05) is 6.54 Å². The van der Waals surface area contributed by atoms with E-state index in [9.17, 15) is 4.79 Å². The van der Waals surface area contributed by atoms with Gasteiger partial charge >= 0.3 is 6.09 Å². The van der Waals surface area contributed by atoms with Gasteiger partial charge in [0.05, 0.1) is 11.7 Å². The fourth-order valence-corrected chi connectivity index (χ4v) is 2.51. The number of anilines is 1. The van der Waals surface area contributed by atoms with Gasteiger partial charge < -0.3 is 15.4 Å². The van der Waals surface area contributed by atoms with Crippen molar-refractivity contribution in [3.05, 3.63) is 23.4 Å². The maximum atomic E-state index is 12.2. The molecule has 1 unspecified atom stereocenters. The molecule has 120 valence electrons. The van der Waals surface area contributed by atoms with Crippen molar-refractivity contribution in [1.82, 2.24) is 15.1 Å². The molecule has 0 aromatic carbocycles. The molecule has 0 aliphatic carbocycles. The maximum Gasteiger partial charge on any atom is 0.410 e. The molecule has 1 aromatic rings. The first-order valence-electron chi connectivity index (χ1n) is 7.48. The number of aromatic nitrogens is 2. The fraction of sp³-hybridized carbons (Fsp3) is 0.562. The Hall–Kier alpha value is -2.11. The van der Waals surface area contributed by atoms with E-state index in [1.807, 2.05) is 46.8 Å². The number of nitrogen functional groups attached to an aromatic ring is 1. The topological polar surface area (TPSA) is 81.3 Å². The van der Waals surface area contributed by atoms with Crippen molar-refractivity contribution in [3.8, 4) is 0 Å². The number of carbonyl (C=O) groups is 1. The molecule has 2 heterocycles. The standard InChI is InChI=1S/C16H24N4O2/c1-10-8-13(17)18-19-14(10)12-6-7-20(11(2)9-12)15(21)22-16(3,4)5/h8-9,11H,6-7H2,1-5H3,(H2,17,18). The molecule has 0 bridgehead atoms. The summed E-state index contributed by atoms with van der Waals surface area (Å²) in [4.78, 5) is 13.9. The van der Waals surface area contributed by atoms with Crippen molar-refractivity contribution in [2.75, 3.05) is 12.3 Å². The molecule has 1 atom stereocenters. The molecule has 2 N–H and O–H groups in total. The summed E-state index contributed by atoms with van der Waals surface area (Å²) in [6, 6.07) is 1.77. The van der Waals surface area contributed by atoms with E-state index in [-0.39, 0.29) is 12.1 Å². The Morgan fingerprint density at radius 1 is 1.41 bits per heavy atom. The van der Waals surface area contributed by atoms with Gasteiger partial charge in [-0.3, -0.25) is 0 Å². The Balaban J connectivity index is 2.17. The van der Waals surface area contributed by atoms with Gasteiger partial charge in [0.2, 0.25) is 0 Å². The Kier molecular flexibility index (Phi) is 4.39. The van der Waals surface area contributed by atoms with Crippen LogP contribution in [0.1, 0.15) is 45.4 Å². The van der Waals surface area contributed by atoms with Crippen LogP contribution in [0.15, 0.2) is 12.1 Å². The van der Waals surface area contributed by atoms with E-state index in [1.54, 1.807) is 4.90 Å². The summed E-state index contributed by atoms with van der Waals surface area (Å²) in [5.41, 5.74) is 8.10. The van der Waals surface area contributed by atoms with E-state index in [1.165, 1.54) is 0 Å². The summed E-state index contributed by atoms with van der Waals surface area (Å²) in [6.07, 6.45) is 2.49. The number of ether oxygens (including phenoxy) is 1. The molecule has 0 radical (unpaired) electrons. The van der Waals surface area contributed by atoms with Crippen LogP contribution in [-0.2, 0) is 4.74 Å². The van der Waals surface area contributed by atoms with Gasteiger partial charge in [-0.25, -0.2) is 4.79 Å². The molecule has 1 amide bonds. The predicted octanol–water partition coefficient (Wildman–Crippen LogP) is 2.78. The minimum atomic E-state index is -0.486. The third-order valence-corrected chi connectivity index (χ3v) is 3.49. The van der Waals surface area contributed by atoms with Crippen molar-refractivity contribution in [2.45, 2.75) is 52.7 Å². The Morgan fingerprint density at radius 2 is 2.09 bits per heavy atom. The minimum absolute atomic E-state index is 0.0441. The summed E-state index contributed by atoms with van der Waals surface area (Å²) in [5, 5.41) is 8.11. The number of hydrogen-bond donors (Lipinski definition) is 1. The lowest BCUT2D eigenvalue weighted by atomic mass is 9.98. The average molecular weight is 304 g/mol. The second-order valence-electron chi connectivity index (χ2n) is 6.66. The zero-order valence-corrected chi connectivity index (χ0v) is 13.9. The summed E-state index contributed by atoms with van der Waals surface area (Å²) in [6.45, 7) is 10.2. The van der Waals surface area contributed by atoms with Crippen LogP contribution >= 0.6 is 0 Å². The maximum absolute atomic E-state index is 12.2. The van der Waals surface area contributed by atoms with E-state index in [0.29, 0.717) is 12.4 Å². The fourth-order valence-electron chi connectivity index (χ4n) is 2.51. The van der Waals surface area contributed by atoms with E-state index < -0.39 is 5.60 Å². The highest BCUT2D eigenvalue weighted by Crippen LogP contribution is 2.27. The van der Waals surface area contributed by atoms with Crippen LogP contribution in [0.4, 0.5) is 10.6 Å². The average Bonchev–Trinajstić information content (AvgIpc) is 2.36. The molecule has 6 nitrogen and oxygen atoms in total. The molecule has 1 aromatic heterocycles. The van der Waals surface area contributed by atoms with Crippen molar-refractivity contribution in [1.29, 1.82) is 0 Å². The molecule has 1 aliphatic heterocycles. The number of amides is 1. The quantitative estimate of drug-likeness (QED) is 0.862. The van der Waals surface area contributed by atoms with Gasteiger partial charge in [-0.05, 0) is 58.2 Å². The third-order valence-electron chi connectivity index (χ3n) is 3.49. The van der Waals surface area contributed by atoms with Gasteiger partial charge in [-0.1, -0.05) is 6.08 Å². The number of nitrogens with zero attached hydrogens (tertiary/aromatic N) is 3. The molecule has 2 rings (SSSR count). The first kappa shape index (κ1) is 16.3. The Bertz CT molecular complexity index is 605. The Morgan fingerprint density at radius 3 is 2.64 bits per heavy atom. The van der Waals surface area contributed by atoms with Gasteiger partial charge in [-0.2, -0.15) is 0 Å². The SMILES string of the molecule is Cc1cc(N)nnc1C1=CC(C)N(C(=O)OC(C)(C)C)CC1. The Labute approximate surface area is 131 Å². The summed E-state index contributed by atoms with van der Waals surface area (Å²) in [5.74, 6) is 0.418. The number of carbonyl (C=O) groups excluding carboxylic acids is 1. The second-order valence-corrected chi connectivity index (χ2v) is 6.66. The normalized spacial score (nSPS) is 18.9. The largest absolute Gasteiger partial charge is 0.444 e. The minimum Gasteiger partial charge on any atom is -0.444 e. The second kappa shape index (κ2) is 5.94. The first-order chi connectivity index (χ1) is 10.2. The van der Waals surface area contributed by atoms with Crippen LogP contribution in [0, 0.1) is 6.92 Å². The molecule has 0 saturated carbocycles. The van der Waals surface area contributed by atoms with E-state index in [2.05, 4.69) is 10.2 Å². The van der Waals surface area contributed by atoms with Crippen molar-refractivity contribution < 1.29 is 9.53 Å². The van der Waals surface area contributed by atoms with Crippen molar-refractivity contribution in [3.63, 3.8) is 0 Å². The lowest BCUT2D eigenvalue weighted by Crippen LogP contribution is -2.43. The van der Waals surface area contributed by atoms with Crippen molar-refractivity contribution >= 4 is 17.5 Å². The lowest BCUT2D eigenvalue weighted by Gasteiger charge is -2.34. The highest BCUT2D eigenvalue weighted by atomic mass is 16.6. The van der Waals surface area contributed by atoms with E-state index >= 15 is 0 Å². The highest BCUT2D eigenvalue weighted by Gasteiger charge is 2.28. The first-order valence-corrected chi connectivity index (χ1v) is 7.48. The van der Waals surface area contributed by atoms with E-state index in [0.717, 1.165) is 23.3 Å². The van der Waals surface area contributed by atoms with Gasteiger partial charge in [0.25, 0.3) is 0 Å². The molecular weight excluding hydrogens is 280 g/mol. The van der Waals surface area contributed by atoms with Gasteiger partial charge in [0.15, 0.2) is 0 Å². The molecule has 0 fully saturated rings. The number of rotatable bonds is 1. The molecule has 6 heteroatoms. The van der Waals surface area contributed by atoms with Crippen LogP contribution in [0.2, 0.25) is 0 Å². The molecule has 1 aliphatic rings. The van der Waals surface area contributed by atoms with Crippen LogP contribution in [0.25, 0.3) is 5.57 Å². The number of hydrogen-bond acceptors (Lipinski definition) is 5. The zero-order chi connectivity index (χ0) is 16.5. The van der Waals surface area contributed by atoms with Gasteiger partial charge in [0.1, 0.15) is 11.4 Å². The highest BCUT2D eigenvalue weighted by molar-refractivity contribution is 5.73. The zero-order valence-electron chi connectivity index (χ0n) is 13.9. The molecule has 0 saturated heterocycles. The molecule has 22 heavy (non-hydrogen) atoms.